The van der Waals surface area contributed by atoms with Gasteiger partial charge in [0.2, 0.25) is 0 Å². The third kappa shape index (κ3) is 4.26. The van der Waals surface area contributed by atoms with Crippen molar-refractivity contribution < 1.29 is 4.42 Å². The van der Waals surface area contributed by atoms with Crippen LogP contribution >= 0.6 is 0 Å². The molecule has 5 nitrogen and oxygen atoms in total. The molecule has 1 heterocycles. The van der Waals surface area contributed by atoms with E-state index in [0.29, 0.717) is 0 Å². The number of furan rings is 1. The Bertz CT molecular complexity index is 469. The van der Waals surface area contributed by atoms with Gasteiger partial charge in [0.1, 0.15) is 0 Å². The van der Waals surface area contributed by atoms with Crippen LogP contribution < -0.4 is 10.6 Å². The normalized spacial score (nSPS) is 26.2. The van der Waals surface area contributed by atoms with Crippen LogP contribution in [0.25, 0.3) is 0 Å². The molecule has 2 atom stereocenters. The van der Waals surface area contributed by atoms with Gasteiger partial charge in [-0.1, -0.05) is 19.8 Å². The van der Waals surface area contributed by atoms with Crippen LogP contribution in [0.5, 0.6) is 0 Å². The average molecular weight is 306 g/mol. The number of likely N-dealkylation sites (N-methyl/N-ethyl adjacent to an activating group) is 1. The molecule has 1 aromatic rings. The number of rotatable bonds is 5. The summed E-state index contributed by atoms with van der Waals surface area (Å²) in [6, 6.07) is 1.96. The van der Waals surface area contributed by atoms with E-state index < -0.39 is 0 Å². The summed E-state index contributed by atoms with van der Waals surface area (Å²) >= 11 is 0. The van der Waals surface area contributed by atoms with Crippen molar-refractivity contribution in [2.75, 3.05) is 27.7 Å². The van der Waals surface area contributed by atoms with Crippen molar-refractivity contribution in [3.63, 3.8) is 0 Å². The van der Waals surface area contributed by atoms with E-state index in [1.807, 2.05) is 13.1 Å². The van der Waals surface area contributed by atoms with E-state index in [9.17, 15) is 0 Å². The van der Waals surface area contributed by atoms with Crippen LogP contribution in [0.3, 0.4) is 0 Å². The zero-order valence-electron chi connectivity index (χ0n) is 14.4. The predicted molar refractivity (Wildman–Crippen MR) is 91.0 cm³/mol. The number of guanidine groups is 1. The van der Waals surface area contributed by atoms with Crippen molar-refractivity contribution in [2.24, 2.45) is 10.9 Å². The molecule has 1 aliphatic rings. The molecule has 22 heavy (non-hydrogen) atoms. The highest BCUT2D eigenvalue weighted by atomic mass is 16.3. The Hall–Kier alpha value is -1.49. The van der Waals surface area contributed by atoms with Gasteiger partial charge in [0.05, 0.1) is 12.5 Å². The molecule has 0 bridgehead atoms. The highest BCUT2D eigenvalue weighted by Crippen LogP contribution is 2.35. The molecule has 0 aromatic carbocycles. The van der Waals surface area contributed by atoms with Crippen molar-refractivity contribution in [1.82, 2.24) is 15.5 Å². The Balaban J connectivity index is 1.89. The Kier molecular flexibility index (Phi) is 5.89. The molecule has 1 fully saturated rings. The Morgan fingerprint density at radius 2 is 2.27 bits per heavy atom. The maximum atomic E-state index is 5.09. The molecule has 1 aliphatic carbocycles. The van der Waals surface area contributed by atoms with Gasteiger partial charge in [-0.05, 0) is 38.9 Å². The Morgan fingerprint density at radius 3 is 2.86 bits per heavy atom. The molecule has 5 heteroatoms. The summed E-state index contributed by atoms with van der Waals surface area (Å²) in [6.45, 7) is 4.01. The van der Waals surface area contributed by atoms with Gasteiger partial charge in [0.25, 0.3) is 0 Å². The lowest BCUT2D eigenvalue weighted by atomic mass is 9.75. The molecule has 2 rings (SSSR count). The molecule has 0 amide bonds. The lowest BCUT2D eigenvalue weighted by Crippen LogP contribution is -2.56. The minimum absolute atomic E-state index is 0.227. The summed E-state index contributed by atoms with van der Waals surface area (Å²) in [6.07, 6.45) is 8.59. The molecule has 1 saturated carbocycles. The Labute approximate surface area is 134 Å². The molecule has 2 unspecified atom stereocenters. The van der Waals surface area contributed by atoms with Gasteiger partial charge in [-0.25, -0.2) is 0 Å². The van der Waals surface area contributed by atoms with Gasteiger partial charge >= 0.3 is 0 Å². The smallest absolute Gasteiger partial charge is 0.191 e. The maximum Gasteiger partial charge on any atom is 0.191 e. The van der Waals surface area contributed by atoms with E-state index in [2.05, 4.69) is 41.5 Å². The molecular formula is C17H30N4O. The minimum Gasteiger partial charge on any atom is -0.472 e. The fourth-order valence-electron chi connectivity index (χ4n) is 3.41. The summed E-state index contributed by atoms with van der Waals surface area (Å²) in [5.74, 6) is 1.64. The first kappa shape index (κ1) is 16.9. The molecule has 2 N–H and O–H groups in total. The van der Waals surface area contributed by atoms with Crippen LogP contribution in [0.1, 0.15) is 38.2 Å². The largest absolute Gasteiger partial charge is 0.472 e. The molecule has 124 valence electrons. The quantitative estimate of drug-likeness (QED) is 0.648. The third-order valence-electron chi connectivity index (χ3n) is 4.86. The van der Waals surface area contributed by atoms with Crippen LogP contribution in [-0.4, -0.2) is 44.1 Å². The first-order valence-electron chi connectivity index (χ1n) is 8.19. The van der Waals surface area contributed by atoms with Crippen molar-refractivity contribution in [1.29, 1.82) is 0 Å². The number of nitrogens with zero attached hydrogens (tertiary/aromatic N) is 2. The minimum atomic E-state index is 0.227. The van der Waals surface area contributed by atoms with Gasteiger partial charge < -0.3 is 20.0 Å². The van der Waals surface area contributed by atoms with E-state index >= 15 is 0 Å². The average Bonchev–Trinajstić information content (AvgIpc) is 3.00. The predicted octanol–water partition coefficient (Wildman–Crippen LogP) is 2.46. The lowest BCUT2D eigenvalue weighted by Gasteiger charge is -2.45. The topological polar surface area (TPSA) is 52.8 Å². The van der Waals surface area contributed by atoms with Crippen LogP contribution in [-0.2, 0) is 6.54 Å². The van der Waals surface area contributed by atoms with Gasteiger partial charge in [-0.3, -0.25) is 4.99 Å². The van der Waals surface area contributed by atoms with E-state index in [1.165, 1.54) is 25.7 Å². The first-order valence-corrected chi connectivity index (χ1v) is 8.19. The second-order valence-corrected chi connectivity index (χ2v) is 6.73. The van der Waals surface area contributed by atoms with E-state index in [-0.39, 0.29) is 5.54 Å². The number of hydrogen-bond donors (Lipinski definition) is 2. The molecule has 0 aliphatic heterocycles. The van der Waals surface area contributed by atoms with Crippen LogP contribution in [0.15, 0.2) is 28.0 Å². The Morgan fingerprint density at radius 1 is 1.45 bits per heavy atom. The van der Waals surface area contributed by atoms with Crippen LogP contribution in [0.2, 0.25) is 0 Å². The number of nitrogens with one attached hydrogen (secondary N) is 2. The SMILES string of the molecule is CN=C(NCc1ccoc1)NCC1(N(C)C)CCCC(C)C1. The third-order valence-corrected chi connectivity index (χ3v) is 4.86. The van der Waals surface area contributed by atoms with Crippen molar-refractivity contribution in [2.45, 2.75) is 44.7 Å². The fourth-order valence-corrected chi connectivity index (χ4v) is 3.41. The molecular weight excluding hydrogens is 276 g/mol. The summed E-state index contributed by atoms with van der Waals surface area (Å²) in [7, 11) is 6.21. The second kappa shape index (κ2) is 7.68. The van der Waals surface area contributed by atoms with Gasteiger partial charge in [0.15, 0.2) is 5.96 Å². The van der Waals surface area contributed by atoms with E-state index in [0.717, 1.165) is 30.5 Å². The highest BCUT2D eigenvalue weighted by molar-refractivity contribution is 5.79. The van der Waals surface area contributed by atoms with Gasteiger partial charge in [-0.2, -0.15) is 0 Å². The second-order valence-electron chi connectivity index (χ2n) is 6.73. The van der Waals surface area contributed by atoms with Gasteiger partial charge in [0, 0.05) is 31.2 Å². The van der Waals surface area contributed by atoms with Crippen LogP contribution in [0.4, 0.5) is 0 Å². The zero-order chi connectivity index (χ0) is 16.0. The van der Waals surface area contributed by atoms with Crippen molar-refractivity contribution in [3.05, 3.63) is 24.2 Å². The summed E-state index contributed by atoms with van der Waals surface area (Å²) in [5.41, 5.74) is 1.35. The van der Waals surface area contributed by atoms with Crippen molar-refractivity contribution >= 4 is 5.96 Å². The fraction of sp³-hybridized carbons (Fsp3) is 0.706. The monoisotopic (exact) mass is 306 g/mol. The highest BCUT2D eigenvalue weighted by Gasteiger charge is 2.36. The molecule has 0 radical (unpaired) electrons. The van der Waals surface area contributed by atoms with E-state index in [4.69, 9.17) is 4.42 Å². The zero-order valence-corrected chi connectivity index (χ0v) is 14.4. The van der Waals surface area contributed by atoms with E-state index in [1.54, 1.807) is 12.5 Å². The standard InChI is InChI=1S/C17H30N4O/c1-14-6-5-8-17(10-14,21(3)4)13-20-16(18-2)19-11-15-7-9-22-12-15/h7,9,12,14H,5-6,8,10-11,13H2,1-4H3,(H2,18,19,20). The molecule has 1 aromatic heterocycles. The summed E-state index contributed by atoms with van der Waals surface area (Å²) < 4.78 is 5.09. The molecule has 0 spiro atoms. The number of hydrogen-bond acceptors (Lipinski definition) is 3. The maximum absolute atomic E-state index is 5.09. The van der Waals surface area contributed by atoms with Crippen molar-refractivity contribution in [3.8, 4) is 0 Å². The molecule has 0 saturated heterocycles. The van der Waals surface area contributed by atoms with Gasteiger partial charge in [-0.15, -0.1) is 0 Å². The lowest BCUT2D eigenvalue weighted by molar-refractivity contribution is 0.0795. The summed E-state index contributed by atoms with van der Waals surface area (Å²) in [5, 5.41) is 6.85. The summed E-state index contributed by atoms with van der Waals surface area (Å²) in [4.78, 5) is 6.71. The number of aliphatic imine (C=N–C) groups is 1. The first-order chi connectivity index (χ1) is 10.6. The van der Waals surface area contributed by atoms with Crippen LogP contribution in [0, 0.1) is 5.92 Å².